The summed E-state index contributed by atoms with van der Waals surface area (Å²) in [5.74, 6) is 1.31. The number of aromatic amines is 1. The molecule has 2 heterocycles. The molecule has 0 radical (unpaired) electrons. The molecule has 0 bridgehead atoms. The summed E-state index contributed by atoms with van der Waals surface area (Å²) in [6.07, 6.45) is 7.97. The van der Waals surface area contributed by atoms with Gasteiger partial charge in [0.25, 0.3) is 0 Å². The van der Waals surface area contributed by atoms with Crippen LogP contribution >= 0.6 is 0 Å². The molecule has 6 heteroatoms. The lowest BCUT2D eigenvalue weighted by molar-refractivity contribution is 0.798. The summed E-state index contributed by atoms with van der Waals surface area (Å²) in [6.45, 7) is 0. The van der Waals surface area contributed by atoms with Crippen LogP contribution in [0.3, 0.4) is 0 Å². The molecular formula is C14H14N6. The molecule has 100 valence electrons. The van der Waals surface area contributed by atoms with Crippen LogP contribution in [0, 0.1) is 0 Å². The molecule has 1 aromatic carbocycles. The average Bonchev–Trinajstić information content (AvgIpc) is 3.00. The van der Waals surface area contributed by atoms with Crippen LogP contribution in [-0.2, 0) is 0 Å². The highest BCUT2D eigenvalue weighted by Crippen LogP contribution is 2.39. The molecule has 20 heavy (non-hydrogen) atoms. The first kappa shape index (κ1) is 11.2. The highest BCUT2D eigenvalue weighted by molar-refractivity contribution is 5.65. The van der Waals surface area contributed by atoms with E-state index in [1.807, 2.05) is 35.1 Å². The Hall–Kier alpha value is -2.63. The maximum atomic E-state index is 4.25. The summed E-state index contributed by atoms with van der Waals surface area (Å²) in [6, 6.07) is 7.97. The van der Waals surface area contributed by atoms with Crippen molar-refractivity contribution in [1.29, 1.82) is 0 Å². The zero-order chi connectivity index (χ0) is 13.4. The molecule has 3 aromatic rings. The summed E-state index contributed by atoms with van der Waals surface area (Å²) in [4.78, 5) is 7.21. The van der Waals surface area contributed by atoms with Gasteiger partial charge in [-0.3, -0.25) is 0 Å². The Morgan fingerprint density at radius 1 is 1.25 bits per heavy atom. The van der Waals surface area contributed by atoms with Gasteiger partial charge in [0.1, 0.15) is 0 Å². The first-order valence-electron chi connectivity index (χ1n) is 6.68. The zero-order valence-corrected chi connectivity index (χ0v) is 10.8. The van der Waals surface area contributed by atoms with Crippen molar-refractivity contribution in [2.45, 2.75) is 18.8 Å². The molecule has 2 aromatic heterocycles. The predicted molar refractivity (Wildman–Crippen MR) is 75.2 cm³/mol. The minimum absolute atomic E-state index is 0.606. The number of hydrogen-bond donors (Lipinski definition) is 2. The Balaban J connectivity index is 1.69. The lowest BCUT2D eigenvalue weighted by Gasteiger charge is -2.09. The first-order chi connectivity index (χ1) is 9.90. The van der Waals surface area contributed by atoms with E-state index in [-0.39, 0.29) is 0 Å². The molecule has 0 spiro atoms. The van der Waals surface area contributed by atoms with E-state index in [4.69, 9.17) is 0 Å². The van der Waals surface area contributed by atoms with Gasteiger partial charge in [-0.25, -0.2) is 9.67 Å². The quantitative estimate of drug-likeness (QED) is 0.761. The zero-order valence-electron chi connectivity index (χ0n) is 10.8. The van der Waals surface area contributed by atoms with Gasteiger partial charge in [-0.05, 0) is 25.0 Å². The molecular weight excluding hydrogens is 252 g/mol. The normalized spacial score (nSPS) is 14.4. The molecule has 1 fully saturated rings. The van der Waals surface area contributed by atoms with Crippen molar-refractivity contribution >= 4 is 11.6 Å². The minimum atomic E-state index is 0.606. The van der Waals surface area contributed by atoms with E-state index in [1.54, 1.807) is 12.4 Å². The van der Waals surface area contributed by atoms with E-state index < -0.39 is 0 Å². The molecule has 0 amide bonds. The van der Waals surface area contributed by atoms with Crippen LogP contribution < -0.4 is 5.32 Å². The Kier molecular flexibility index (Phi) is 2.51. The fourth-order valence-electron chi connectivity index (χ4n) is 2.20. The lowest BCUT2D eigenvalue weighted by Crippen LogP contribution is -2.01. The van der Waals surface area contributed by atoms with E-state index >= 15 is 0 Å². The second-order valence-electron chi connectivity index (χ2n) is 4.94. The lowest BCUT2D eigenvalue weighted by atomic mass is 10.2. The summed E-state index contributed by atoms with van der Waals surface area (Å²) >= 11 is 0. The van der Waals surface area contributed by atoms with E-state index in [0.29, 0.717) is 11.9 Å². The van der Waals surface area contributed by atoms with E-state index in [0.717, 1.165) is 17.1 Å². The number of benzene rings is 1. The van der Waals surface area contributed by atoms with Crippen molar-refractivity contribution in [2.75, 3.05) is 5.32 Å². The van der Waals surface area contributed by atoms with Crippen LogP contribution in [0.25, 0.3) is 5.69 Å². The molecule has 2 N–H and O–H groups in total. The molecule has 4 rings (SSSR count). The second kappa shape index (κ2) is 4.48. The molecule has 1 saturated carbocycles. The van der Waals surface area contributed by atoms with Crippen LogP contribution in [0.2, 0.25) is 0 Å². The van der Waals surface area contributed by atoms with Crippen LogP contribution in [0.1, 0.15) is 24.5 Å². The molecule has 0 unspecified atom stereocenters. The number of rotatable bonds is 4. The van der Waals surface area contributed by atoms with Crippen LogP contribution in [0.15, 0.2) is 42.9 Å². The molecule has 6 nitrogen and oxygen atoms in total. The summed E-state index contributed by atoms with van der Waals surface area (Å²) in [7, 11) is 0. The van der Waals surface area contributed by atoms with Gasteiger partial charge < -0.3 is 10.3 Å². The van der Waals surface area contributed by atoms with E-state index in [9.17, 15) is 0 Å². The van der Waals surface area contributed by atoms with Gasteiger partial charge in [0, 0.05) is 18.3 Å². The Bertz CT molecular complexity index is 711. The highest BCUT2D eigenvalue weighted by Gasteiger charge is 2.26. The standard InChI is InChI=1S/C14H14N6/c1-2-4-13(11(3-1)17-14-15-7-8-16-14)20-9-12(18-19-20)10-5-6-10/h1-4,7-10H,5-6H2,(H2,15,16,17). The monoisotopic (exact) mass is 266 g/mol. The Morgan fingerprint density at radius 3 is 2.95 bits per heavy atom. The van der Waals surface area contributed by atoms with Crippen molar-refractivity contribution in [3.63, 3.8) is 0 Å². The van der Waals surface area contributed by atoms with Crippen molar-refractivity contribution in [3.05, 3.63) is 48.5 Å². The summed E-state index contributed by atoms with van der Waals surface area (Å²) in [5, 5.41) is 11.7. The average molecular weight is 266 g/mol. The molecule has 1 aliphatic carbocycles. The number of hydrogen-bond acceptors (Lipinski definition) is 4. The SMILES string of the molecule is c1ccc(-n2cc(C3CC3)nn2)c(Nc2ncc[nH]2)c1. The maximum absolute atomic E-state index is 4.25. The van der Waals surface area contributed by atoms with Crippen molar-refractivity contribution in [3.8, 4) is 5.69 Å². The molecule has 0 saturated heterocycles. The fourth-order valence-corrected chi connectivity index (χ4v) is 2.20. The van der Waals surface area contributed by atoms with Gasteiger partial charge in [-0.1, -0.05) is 17.3 Å². The van der Waals surface area contributed by atoms with Crippen molar-refractivity contribution < 1.29 is 0 Å². The smallest absolute Gasteiger partial charge is 0.204 e. The third-order valence-corrected chi connectivity index (χ3v) is 3.41. The highest BCUT2D eigenvalue weighted by atomic mass is 15.4. The number of H-pyrrole nitrogens is 1. The Morgan fingerprint density at radius 2 is 2.15 bits per heavy atom. The summed E-state index contributed by atoms with van der Waals surface area (Å²) < 4.78 is 1.82. The van der Waals surface area contributed by atoms with Gasteiger partial charge in [0.15, 0.2) is 0 Å². The summed E-state index contributed by atoms with van der Waals surface area (Å²) in [5.41, 5.74) is 2.98. The second-order valence-corrected chi connectivity index (χ2v) is 4.94. The largest absolute Gasteiger partial charge is 0.331 e. The van der Waals surface area contributed by atoms with Gasteiger partial charge in [-0.2, -0.15) is 0 Å². The van der Waals surface area contributed by atoms with Crippen molar-refractivity contribution in [1.82, 2.24) is 25.0 Å². The maximum Gasteiger partial charge on any atom is 0.204 e. The molecule has 0 atom stereocenters. The molecule has 1 aliphatic rings. The number of para-hydroxylation sites is 2. The van der Waals surface area contributed by atoms with E-state index in [1.165, 1.54) is 12.8 Å². The van der Waals surface area contributed by atoms with Crippen LogP contribution in [0.4, 0.5) is 11.6 Å². The van der Waals surface area contributed by atoms with Gasteiger partial charge in [-0.15, -0.1) is 5.10 Å². The van der Waals surface area contributed by atoms with Crippen LogP contribution in [0.5, 0.6) is 0 Å². The number of anilines is 2. The van der Waals surface area contributed by atoms with Crippen LogP contribution in [-0.4, -0.2) is 25.0 Å². The Labute approximate surface area is 115 Å². The van der Waals surface area contributed by atoms with Gasteiger partial charge >= 0.3 is 0 Å². The van der Waals surface area contributed by atoms with Gasteiger partial charge in [0.05, 0.1) is 23.3 Å². The number of imidazole rings is 1. The number of aromatic nitrogens is 5. The minimum Gasteiger partial charge on any atom is -0.331 e. The first-order valence-corrected chi connectivity index (χ1v) is 6.68. The van der Waals surface area contributed by atoms with Gasteiger partial charge in [0.2, 0.25) is 5.95 Å². The predicted octanol–water partition coefficient (Wildman–Crippen LogP) is 2.61. The molecule has 0 aliphatic heterocycles. The number of nitrogens with one attached hydrogen (secondary N) is 2. The number of nitrogens with zero attached hydrogens (tertiary/aromatic N) is 4. The fraction of sp³-hybridized carbons (Fsp3) is 0.214. The third kappa shape index (κ3) is 2.05. The van der Waals surface area contributed by atoms with Crippen molar-refractivity contribution in [2.24, 2.45) is 0 Å². The van der Waals surface area contributed by atoms with E-state index in [2.05, 4.69) is 25.6 Å². The third-order valence-electron chi connectivity index (χ3n) is 3.41. The topological polar surface area (TPSA) is 71.4 Å².